The van der Waals surface area contributed by atoms with Crippen LogP contribution in [0.4, 0.5) is 5.95 Å². The van der Waals surface area contributed by atoms with Crippen molar-refractivity contribution in [3.05, 3.63) is 47.8 Å². The van der Waals surface area contributed by atoms with E-state index in [1.54, 1.807) is 12.4 Å². The van der Waals surface area contributed by atoms with E-state index in [1.807, 2.05) is 18.2 Å². The molecule has 0 N–H and O–H groups in total. The van der Waals surface area contributed by atoms with Crippen LogP contribution in [0.5, 0.6) is 5.75 Å². The second kappa shape index (κ2) is 5.45. The van der Waals surface area contributed by atoms with E-state index in [0.717, 1.165) is 30.0 Å². The van der Waals surface area contributed by atoms with Gasteiger partial charge in [0, 0.05) is 30.1 Å². The van der Waals surface area contributed by atoms with E-state index in [2.05, 4.69) is 20.9 Å². The van der Waals surface area contributed by atoms with Gasteiger partial charge in [-0.2, -0.15) is 0 Å². The first-order valence-electron chi connectivity index (χ1n) is 6.19. The highest BCUT2D eigenvalue weighted by atomic mass is 35.5. The smallest absolute Gasteiger partial charge is 0.225 e. The van der Waals surface area contributed by atoms with Crippen LogP contribution in [0, 0.1) is 0 Å². The van der Waals surface area contributed by atoms with Gasteiger partial charge in [-0.05, 0) is 6.07 Å². The van der Waals surface area contributed by atoms with Gasteiger partial charge in [0.25, 0.3) is 0 Å². The van der Waals surface area contributed by atoms with Gasteiger partial charge in [0.1, 0.15) is 12.4 Å². The molecule has 2 aromatic rings. The SMILES string of the molecule is ClCc1cnc(N2CCOc3ccccc3C2)nc1. The number of aromatic nitrogens is 2. The summed E-state index contributed by atoms with van der Waals surface area (Å²) in [7, 11) is 0. The third-order valence-electron chi connectivity index (χ3n) is 3.08. The van der Waals surface area contributed by atoms with E-state index in [1.165, 1.54) is 0 Å². The van der Waals surface area contributed by atoms with E-state index in [9.17, 15) is 0 Å². The summed E-state index contributed by atoms with van der Waals surface area (Å²) in [5.41, 5.74) is 2.09. The molecule has 1 aliphatic heterocycles. The van der Waals surface area contributed by atoms with Gasteiger partial charge in [0.15, 0.2) is 0 Å². The number of hydrogen-bond donors (Lipinski definition) is 0. The van der Waals surface area contributed by atoms with Gasteiger partial charge in [-0.3, -0.25) is 0 Å². The number of fused-ring (bicyclic) bond motifs is 1. The van der Waals surface area contributed by atoms with Crippen molar-refractivity contribution in [3.63, 3.8) is 0 Å². The summed E-state index contributed by atoms with van der Waals surface area (Å²) < 4.78 is 5.73. The van der Waals surface area contributed by atoms with Crippen LogP contribution in [0.3, 0.4) is 0 Å². The molecule has 0 atom stereocenters. The minimum absolute atomic E-state index is 0.437. The first-order valence-corrected chi connectivity index (χ1v) is 6.73. The van der Waals surface area contributed by atoms with Gasteiger partial charge in [0.2, 0.25) is 5.95 Å². The molecule has 2 heterocycles. The lowest BCUT2D eigenvalue weighted by atomic mass is 10.2. The highest BCUT2D eigenvalue weighted by Crippen LogP contribution is 2.24. The fraction of sp³-hybridized carbons (Fsp3) is 0.286. The minimum Gasteiger partial charge on any atom is -0.491 e. The summed E-state index contributed by atoms with van der Waals surface area (Å²) in [6, 6.07) is 8.07. The second-order valence-corrected chi connectivity index (χ2v) is 4.67. The monoisotopic (exact) mass is 275 g/mol. The van der Waals surface area contributed by atoms with Crippen LogP contribution in [-0.2, 0) is 12.4 Å². The maximum absolute atomic E-state index is 5.74. The van der Waals surface area contributed by atoms with Crippen molar-refractivity contribution in [2.45, 2.75) is 12.4 Å². The highest BCUT2D eigenvalue weighted by Gasteiger charge is 2.16. The maximum Gasteiger partial charge on any atom is 0.225 e. The van der Waals surface area contributed by atoms with Gasteiger partial charge in [-0.1, -0.05) is 18.2 Å². The Balaban J connectivity index is 1.85. The third kappa shape index (κ3) is 2.63. The molecule has 1 aromatic heterocycles. The number of para-hydroxylation sites is 1. The lowest BCUT2D eigenvalue weighted by Crippen LogP contribution is -2.27. The molecule has 0 bridgehead atoms. The molecule has 0 saturated carbocycles. The van der Waals surface area contributed by atoms with Crippen LogP contribution in [0.25, 0.3) is 0 Å². The summed E-state index contributed by atoms with van der Waals surface area (Å²) in [5.74, 6) is 2.10. The van der Waals surface area contributed by atoms with E-state index >= 15 is 0 Å². The van der Waals surface area contributed by atoms with E-state index in [-0.39, 0.29) is 0 Å². The number of hydrogen-bond acceptors (Lipinski definition) is 4. The standard InChI is InChI=1S/C14H14ClN3O/c15-7-11-8-16-14(17-9-11)18-5-6-19-13-4-2-1-3-12(13)10-18/h1-4,8-9H,5-7,10H2. The van der Waals surface area contributed by atoms with E-state index in [4.69, 9.17) is 16.3 Å². The summed E-state index contributed by atoms with van der Waals surface area (Å²) in [4.78, 5) is 10.8. The fourth-order valence-corrected chi connectivity index (χ4v) is 2.21. The van der Waals surface area contributed by atoms with Gasteiger partial charge in [-0.15, -0.1) is 11.6 Å². The Morgan fingerprint density at radius 1 is 1.21 bits per heavy atom. The molecule has 0 amide bonds. The highest BCUT2D eigenvalue weighted by molar-refractivity contribution is 6.17. The van der Waals surface area contributed by atoms with Gasteiger partial charge < -0.3 is 9.64 Å². The molecule has 1 aliphatic rings. The van der Waals surface area contributed by atoms with E-state index < -0.39 is 0 Å². The number of rotatable bonds is 2. The average molecular weight is 276 g/mol. The van der Waals surface area contributed by atoms with Crippen molar-refractivity contribution < 1.29 is 4.74 Å². The lowest BCUT2D eigenvalue weighted by molar-refractivity contribution is 0.331. The second-order valence-electron chi connectivity index (χ2n) is 4.40. The van der Waals surface area contributed by atoms with Crippen LogP contribution in [0.15, 0.2) is 36.7 Å². The molecule has 0 unspecified atom stereocenters. The van der Waals surface area contributed by atoms with Crippen molar-refractivity contribution in [2.75, 3.05) is 18.1 Å². The number of alkyl halides is 1. The van der Waals surface area contributed by atoms with Crippen LogP contribution < -0.4 is 9.64 Å². The molecule has 3 rings (SSSR count). The first kappa shape index (κ1) is 12.2. The Labute approximate surface area is 117 Å². The molecule has 0 radical (unpaired) electrons. The van der Waals surface area contributed by atoms with Crippen molar-refractivity contribution >= 4 is 17.5 Å². The van der Waals surface area contributed by atoms with Crippen LogP contribution in [0.1, 0.15) is 11.1 Å². The van der Waals surface area contributed by atoms with Gasteiger partial charge >= 0.3 is 0 Å². The Bertz CT molecular complexity index is 559. The molecule has 5 heteroatoms. The average Bonchev–Trinajstić information content (AvgIpc) is 2.69. The first-order chi connectivity index (χ1) is 9.36. The molecule has 0 aliphatic carbocycles. The van der Waals surface area contributed by atoms with Crippen molar-refractivity contribution in [2.24, 2.45) is 0 Å². The number of halogens is 1. The number of benzene rings is 1. The largest absolute Gasteiger partial charge is 0.491 e. The molecular formula is C14H14ClN3O. The Kier molecular flexibility index (Phi) is 3.51. The lowest BCUT2D eigenvalue weighted by Gasteiger charge is -2.19. The molecule has 1 aromatic carbocycles. The zero-order valence-corrected chi connectivity index (χ0v) is 11.2. The number of anilines is 1. The summed E-state index contributed by atoms with van der Waals surface area (Å²) in [5, 5.41) is 0. The molecule has 0 spiro atoms. The topological polar surface area (TPSA) is 38.2 Å². The molecular weight excluding hydrogens is 262 g/mol. The van der Waals surface area contributed by atoms with Gasteiger partial charge in [0.05, 0.1) is 12.4 Å². The third-order valence-corrected chi connectivity index (χ3v) is 3.39. The van der Waals surface area contributed by atoms with Crippen LogP contribution >= 0.6 is 11.6 Å². The molecule has 4 nitrogen and oxygen atoms in total. The molecule has 19 heavy (non-hydrogen) atoms. The van der Waals surface area contributed by atoms with Crippen molar-refractivity contribution in [1.29, 1.82) is 0 Å². The number of ether oxygens (including phenoxy) is 1. The Morgan fingerprint density at radius 3 is 2.79 bits per heavy atom. The van der Waals surface area contributed by atoms with Crippen molar-refractivity contribution in [1.82, 2.24) is 9.97 Å². The van der Waals surface area contributed by atoms with Crippen LogP contribution in [-0.4, -0.2) is 23.1 Å². The van der Waals surface area contributed by atoms with Crippen molar-refractivity contribution in [3.8, 4) is 5.75 Å². The predicted molar refractivity (Wildman–Crippen MR) is 74.6 cm³/mol. The molecule has 0 saturated heterocycles. The Hall–Kier alpha value is -1.81. The normalized spacial score (nSPS) is 14.5. The zero-order valence-electron chi connectivity index (χ0n) is 10.4. The summed E-state index contributed by atoms with van der Waals surface area (Å²) in [6.45, 7) is 2.17. The van der Waals surface area contributed by atoms with E-state index in [0.29, 0.717) is 18.4 Å². The quantitative estimate of drug-likeness (QED) is 0.790. The summed E-state index contributed by atoms with van der Waals surface area (Å²) >= 11 is 5.74. The maximum atomic E-state index is 5.74. The minimum atomic E-state index is 0.437. The molecule has 0 fully saturated rings. The summed E-state index contributed by atoms with van der Waals surface area (Å²) in [6.07, 6.45) is 3.54. The zero-order chi connectivity index (χ0) is 13.1. The van der Waals surface area contributed by atoms with Crippen LogP contribution in [0.2, 0.25) is 0 Å². The molecule has 98 valence electrons. The van der Waals surface area contributed by atoms with Gasteiger partial charge in [-0.25, -0.2) is 9.97 Å². The predicted octanol–water partition coefficient (Wildman–Crippen LogP) is 2.61. The Morgan fingerprint density at radius 2 is 2.00 bits per heavy atom. The fourth-order valence-electron chi connectivity index (χ4n) is 2.08. The number of nitrogens with zero attached hydrogens (tertiary/aromatic N) is 3.